The van der Waals surface area contributed by atoms with Crippen molar-refractivity contribution in [3.05, 3.63) is 0 Å². The van der Waals surface area contributed by atoms with Crippen LogP contribution >= 0.6 is 0 Å². The molecule has 4 heteroatoms. The number of carbonyl (C=O) groups is 1. The van der Waals surface area contributed by atoms with Crippen molar-refractivity contribution < 1.29 is 9.90 Å². The topological polar surface area (TPSA) is 61.4 Å². The zero-order valence-electron chi connectivity index (χ0n) is 9.96. The molecule has 4 nitrogen and oxygen atoms in total. The molecule has 92 valence electrons. The van der Waals surface area contributed by atoms with Crippen LogP contribution in [0.5, 0.6) is 0 Å². The van der Waals surface area contributed by atoms with Crippen molar-refractivity contribution in [2.75, 3.05) is 26.2 Å². The SMILES string of the molecule is C[C@@H]1CNC[C@H]1C(=O)NCC1(CCO)CC1. The second kappa shape index (κ2) is 4.72. The molecule has 0 spiro atoms. The second-order valence-electron chi connectivity index (χ2n) is 5.43. The number of aliphatic hydroxyl groups is 1. The lowest BCUT2D eigenvalue weighted by molar-refractivity contribution is -0.125. The number of rotatable bonds is 5. The summed E-state index contributed by atoms with van der Waals surface area (Å²) in [5, 5.41) is 15.2. The number of amides is 1. The van der Waals surface area contributed by atoms with Gasteiger partial charge in [-0.3, -0.25) is 4.79 Å². The van der Waals surface area contributed by atoms with E-state index < -0.39 is 0 Å². The van der Waals surface area contributed by atoms with E-state index in [1.165, 1.54) is 0 Å². The van der Waals surface area contributed by atoms with Gasteiger partial charge in [0.1, 0.15) is 0 Å². The predicted molar refractivity (Wildman–Crippen MR) is 61.9 cm³/mol. The van der Waals surface area contributed by atoms with E-state index in [-0.39, 0.29) is 23.8 Å². The molecule has 1 saturated heterocycles. The summed E-state index contributed by atoms with van der Waals surface area (Å²) in [5.74, 6) is 0.750. The summed E-state index contributed by atoms with van der Waals surface area (Å²) < 4.78 is 0. The molecule has 0 radical (unpaired) electrons. The molecule has 2 fully saturated rings. The van der Waals surface area contributed by atoms with Gasteiger partial charge in [0.05, 0.1) is 5.92 Å². The van der Waals surface area contributed by atoms with E-state index in [0.717, 1.165) is 38.9 Å². The minimum absolute atomic E-state index is 0.130. The van der Waals surface area contributed by atoms with E-state index in [4.69, 9.17) is 5.11 Å². The van der Waals surface area contributed by atoms with Crippen LogP contribution in [0.4, 0.5) is 0 Å². The highest BCUT2D eigenvalue weighted by molar-refractivity contribution is 5.79. The molecule has 0 aromatic rings. The molecule has 2 aliphatic rings. The van der Waals surface area contributed by atoms with Gasteiger partial charge in [0.15, 0.2) is 0 Å². The van der Waals surface area contributed by atoms with Gasteiger partial charge in [0.2, 0.25) is 5.91 Å². The Bertz CT molecular complexity index is 264. The highest BCUT2D eigenvalue weighted by Gasteiger charge is 2.42. The maximum Gasteiger partial charge on any atom is 0.224 e. The highest BCUT2D eigenvalue weighted by atomic mass is 16.3. The first kappa shape index (κ1) is 11.9. The van der Waals surface area contributed by atoms with E-state index in [1.54, 1.807) is 0 Å². The van der Waals surface area contributed by atoms with Gasteiger partial charge in [-0.05, 0) is 37.1 Å². The lowest BCUT2D eigenvalue weighted by atomic mass is 9.96. The molecule has 3 N–H and O–H groups in total. The van der Waals surface area contributed by atoms with Crippen LogP contribution in [0.25, 0.3) is 0 Å². The van der Waals surface area contributed by atoms with Crippen molar-refractivity contribution in [1.29, 1.82) is 0 Å². The number of aliphatic hydroxyl groups excluding tert-OH is 1. The maximum atomic E-state index is 11.9. The van der Waals surface area contributed by atoms with Gasteiger partial charge in [-0.25, -0.2) is 0 Å². The fourth-order valence-electron chi connectivity index (χ4n) is 2.50. The summed E-state index contributed by atoms with van der Waals surface area (Å²) in [6.07, 6.45) is 3.12. The molecular formula is C12H22N2O2. The molecule has 0 unspecified atom stereocenters. The molecule has 16 heavy (non-hydrogen) atoms. The predicted octanol–water partition coefficient (Wildman–Crippen LogP) is 0.121. The number of carbonyl (C=O) groups excluding carboxylic acids is 1. The van der Waals surface area contributed by atoms with Crippen LogP contribution in [0, 0.1) is 17.3 Å². The van der Waals surface area contributed by atoms with Crippen molar-refractivity contribution in [2.45, 2.75) is 26.2 Å². The monoisotopic (exact) mass is 226 g/mol. The Hall–Kier alpha value is -0.610. The minimum atomic E-state index is 0.130. The van der Waals surface area contributed by atoms with E-state index in [0.29, 0.717) is 5.92 Å². The molecule has 2 rings (SSSR count). The first-order valence-electron chi connectivity index (χ1n) is 6.26. The van der Waals surface area contributed by atoms with Crippen molar-refractivity contribution in [2.24, 2.45) is 17.3 Å². The molecule has 1 aliphatic carbocycles. The van der Waals surface area contributed by atoms with Crippen molar-refractivity contribution in [1.82, 2.24) is 10.6 Å². The number of hydrogen-bond acceptors (Lipinski definition) is 3. The van der Waals surface area contributed by atoms with Gasteiger partial charge in [-0.15, -0.1) is 0 Å². The van der Waals surface area contributed by atoms with E-state index in [2.05, 4.69) is 17.6 Å². The van der Waals surface area contributed by atoms with Gasteiger partial charge in [-0.2, -0.15) is 0 Å². The van der Waals surface area contributed by atoms with Gasteiger partial charge >= 0.3 is 0 Å². The summed E-state index contributed by atoms with van der Waals surface area (Å²) in [6, 6.07) is 0. The Morgan fingerprint density at radius 2 is 2.25 bits per heavy atom. The number of nitrogens with one attached hydrogen (secondary N) is 2. The Morgan fingerprint density at radius 3 is 2.75 bits per heavy atom. The van der Waals surface area contributed by atoms with Crippen LogP contribution in [-0.4, -0.2) is 37.3 Å². The van der Waals surface area contributed by atoms with Crippen LogP contribution in [-0.2, 0) is 4.79 Å². The van der Waals surface area contributed by atoms with Gasteiger partial charge in [0.25, 0.3) is 0 Å². The molecule has 0 aromatic carbocycles. The summed E-state index contributed by atoms with van der Waals surface area (Å²) in [5.41, 5.74) is 0.222. The average Bonchev–Trinajstić information content (AvgIpc) is 2.89. The van der Waals surface area contributed by atoms with Crippen molar-refractivity contribution >= 4 is 5.91 Å². The maximum absolute atomic E-state index is 11.9. The third kappa shape index (κ3) is 2.55. The fourth-order valence-corrected chi connectivity index (χ4v) is 2.50. The van der Waals surface area contributed by atoms with Crippen molar-refractivity contribution in [3.8, 4) is 0 Å². The Balaban J connectivity index is 1.75. The average molecular weight is 226 g/mol. The molecule has 0 aromatic heterocycles. The molecule has 0 bridgehead atoms. The summed E-state index contributed by atoms with van der Waals surface area (Å²) in [6.45, 7) is 4.84. The van der Waals surface area contributed by atoms with Crippen LogP contribution < -0.4 is 10.6 Å². The Kier molecular flexibility index (Phi) is 3.50. The normalized spacial score (nSPS) is 31.4. The van der Waals surface area contributed by atoms with Crippen LogP contribution in [0.1, 0.15) is 26.2 Å². The molecule has 1 aliphatic heterocycles. The van der Waals surface area contributed by atoms with Gasteiger partial charge in [0, 0.05) is 19.7 Å². The molecule has 1 heterocycles. The van der Waals surface area contributed by atoms with Gasteiger partial charge in [-0.1, -0.05) is 6.92 Å². The molecule has 1 amide bonds. The quantitative estimate of drug-likeness (QED) is 0.624. The van der Waals surface area contributed by atoms with E-state index >= 15 is 0 Å². The first-order valence-corrected chi connectivity index (χ1v) is 6.26. The highest BCUT2D eigenvalue weighted by Crippen LogP contribution is 2.47. The zero-order valence-corrected chi connectivity index (χ0v) is 9.96. The van der Waals surface area contributed by atoms with Crippen LogP contribution in [0.15, 0.2) is 0 Å². The summed E-state index contributed by atoms with van der Waals surface area (Å²) in [4.78, 5) is 11.9. The minimum Gasteiger partial charge on any atom is -0.396 e. The smallest absolute Gasteiger partial charge is 0.224 e. The van der Waals surface area contributed by atoms with Crippen LogP contribution in [0.2, 0.25) is 0 Å². The van der Waals surface area contributed by atoms with E-state index in [9.17, 15) is 4.79 Å². The molecule has 1 saturated carbocycles. The summed E-state index contributed by atoms with van der Waals surface area (Å²) in [7, 11) is 0. The summed E-state index contributed by atoms with van der Waals surface area (Å²) >= 11 is 0. The Morgan fingerprint density at radius 1 is 1.50 bits per heavy atom. The van der Waals surface area contributed by atoms with Crippen LogP contribution in [0.3, 0.4) is 0 Å². The zero-order chi connectivity index (χ0) is 11.6. The second-order valence-corrected chi connectivity index (χ2v) is 5.43. The lowest BCUT2D eigenvalue weighted by Crippen LogP contribution is -2.38. The largest absolute Gasteiger partial charge is 0.396 e. The standard InChI is InChI=1S/C12H22N2O2/c1-9-6-13-7-10(9)11(16)14-8-12(2-3-12)4-5-15/h9-10,13,15H,2-8H2,1H3,(H,14,16)/t9-,10-/m1/s1. The molecular weight excluding hydrogens is 204 g/mol. The third-order valence-electron chi connectivity index (χ3n) is 4.09. The fraction of sp³-hybridized carbons (Fsp3) is 0.917. The first-order chi connectivity index (χ1) is 7.67. The van der Waals surface area contributed by atoms with E-state index in [1.807, 2.05) is 0 Å². The van der Waals surface area contributed by atoms with Crippen molar-refractivity contribution in [3.63, 3.8) is 0 Å². The third-order valence-corrected chi connectivity index (χ3v) is 4.09. The molecule has 2 atom stereocenters. The lowest BCUT2D eigenvalue weighted by Gasteiger charge is -2.18. The number of hydrogen-bond donors (Lipinski definition) is 3. The van der Waals surface area contributed by atoms with Gasteiger partial charge < -0.3 is 15.7 Å². The Labute approximate surface area is 96.8 Å².